The summed E-state index contributed by atoms with van der Waals surface area (Å²) >= 11 is 7.10. The van der Waals surface area contributed by atoms with Gasteiger partial charge in [-0.25, -0.2) is 0 Å². The first-order valence-electron chi connectivity index (χ1n) is 13.8. The summed E-state index contributed by atoms with van der Waals surface area (Å²) in [5.74, 6) is -1.08. The molecule has 1 fully saturated rings. The monoisotopic (exact) mass is 613 g/mol. The van der Waals surface area contributed by atoms with Crippen LogP contribution in [-0.2, 0) is 19.7 Å². The number of hydrogen-bond donors (Lipinski definition) is 1. The van der Waals surface area contributed by atoms with E-state index in [0.717, 1.165) is 52.1 Å². The Bertz CT molecular complexity index is 1500. The van der Waals surface area contributed by atoms with Crippen molar-refractivity contribution < 1.29 is 22.6 Å². The van der Waals surface area contributed by atoms with E-state index in [-0.39, 0.29) is 34.7 Å². The summed E-state index contributed by atoms with van der Waals surface area (Å²) in [5, 5.41) is 3.35. The molecule has 2 aromatic carbocycles. The van der Waals surface area contributed by atoms with E-state index in [1.54, 1.807) is 30.0 Å². The Morgan fingerprint density at radius 1 is 0.854 bits per heavy atom. The summed E-state index contributed by atoms with van der Waals surface area (Å²) < 4.78 is 31.9. The lowest BCUT2D eigenvalue weighted by atomic mass is 10.1. The molecule has 2 amide bonds. The van der Waals surface area contributed by atoms with Gasteiger partial charge in [0.25, 0.3) is 21.9 Å². The fraction of sp³-hybridized carbons (Fsp3) is 0.367. The van der Waals surface area contributed by atoms with E-state index in [9.17, 15) is 22.6 Å². The van der Waals surface area contributed by atoms with E-state index in [2.05, 4.69) is 6.07 Å². The SMILES string of the molecule is CCCCN1C(=O)C(=CC=CC=C2Sc3c(ccc4ccccc34)N2CCCS(=O)(=O)O)C(=O)N(CCCC)C1=S. The quantitative estimate of drug-likeness (QED) is 0.137. The number of rotatable bonds is 12. The molecule has 4 rings (SSSR count). The van der Waals surface area contributed by atoms with Crippen LogP contribution in [0.1, 0.15) is 46.0 Å². The van der Waals surface area contributed by atoms with Crippen LogP contribution in [0.4, 0.5) is 5.69 Å². The third kappa shape index (κ3) is 7.27. The number of hydrogen-bond acceptors (Lipinski definition) is 7. The van der Waals surface area contributed by atoms with Gasteiger partial charge in [0.2, 0.25) is 0 Å². The standard InChI is InChI=1S/C30H35N3O5S3/c1-3-5-18-32-28(34)24(29(35)33(30(32)39)19-6-4-2)14-9-10-15-26-31(20-11-21-41(36,37)38)25-17-16-22-12-7-8-13-23(22)27(25)40-26/h7-10,12-17H,3-6,11,18-21H2,1-2H3,(H,36,37,38). The smallest absolute Gasteiger partial charge is 0.265 e. The maximum atomic E-state index is 13.2. The molecule has 2 heterocycles. The molecule has 0 radical (unpaired) electrons. The van der Waals surface area contributed by atoms with Crippen molar-refractivity contribution in [3.8, 4) is 0 Å². The minimum atomic E-state index is -4.07. The fourth-order valence-corrected chi connectivity index (χ4v) is 6.83. The fourth-order valence-electron chi connectivity index (χ4n) is 4.75. The van der Waals surface area contributed by atoms with Gasteiger partial charge in [0.15, 0.2) is 5.11 Å². The number of amides is 2. The Kier molecular flexibility index (Phi) is 10.4. The molecule has 0 aromatic heterocycles. The van der Waals surface area contributed by atoms with Gasteiger partial charge in [-0.2, -0.15) is 8.42 Å². The summed E-state index contributed by atoms with van der Waals surface area (Å²) in [4.78, 5) is 32.6. The summed E-state index contributed by atoms with van der Waals surface area (Å²) in [6.07, 6.45) is 10.5. The summed E-state index contributed by atoms with van der Waals surface area (Å²) in [6, 6.07) is 12.1. The van der Waals surface area contributed by atoms with Gasteiger partial charge in [-0.05, 0) is 60.5 Å². The van der Waals surface area contributed by atoms with Crippen LogP contribution in [0.5, 0.6) is 0 Å². The maximum absolute atomic E-state index is 13.2. The van der Waals surface area contributed by atoms with E-state index >= 15 is 0 Å². The number of anilines is 1. The van der Waals surface area contributed by atoms with E-state index in [1.165, 1.54) is 9.80 Å². The Morgan fingerprint density at radius 2 is 1.46 bits per heavy atom. The summed E-state index contributed by atoms with van der Waals surface area (Å²) in [5.41, 5.74) is 1.05. The molecule has 0 atom stereocenters. The molecule has 0 saturated carbocycles. The van der Waals surface area contributed by atoms with Crippen LogP contribution in [-0.4, -0.2) is 65.1 Å². The molecule has 8 nitrogen and oxygen atoms in total. The van der Waals surface area contributed by atoms with Crippen molar-refractivity contribution in [1.29, 1.82) is 0 Å². The first kappa shape index (κ1) is 31.0. The molecule has 0 unspecified atom stereocenters. The van der Waals surface area contributed by atoms with Crippen molar-refractivity contribution in [2.75, 3.05) is 30.3 Å². The van der Waals surface area contributed by atoms with Crippen LogP contribution < -0.4 is 4.90 Å². The highest BCUT2D eigenvalue weighted by Gasteiger charge is 2.38. The number of carbonyl (C=O) groups excluding carboxylic acids is 2. The third-order valence-corrected chi connectivity index (χ3v) is 9.35. The number of thioether (sulfide) groups is 1. The molecular weight excluding hydrogens is 579 g/mol. The van der Waals surface area contributed by atoms with Gasteiger partial charge in [-0.3, -0.25) is 23.9 Å². The second-order valence-electron chi connectivity index (χ2n) is 9.90. The minimum Gasteiger partial charge on any atom is -0.335 e. The summed E-state index contributed by atoms with van der Waals surface area (Å²) in [6.45, 7) is 5.41. The zero-order valence-corrected chi connectivity index (χ0v) is 25.7. The Morgan fingerprint density at radius 3 is 2.10 bits per heavy atom. The van der Waals surface area contributed by atoms with Gasteiger partial charge >= 0.3 is 0 Å². The van der Waals surface area contributed by atoms with Crippen LogP contribution in [0.3, 0.4) is 0 Å². The molecule has 41 heavy (non-hydrogen) atoms. The van der Waals surface area contributed by atoms with Crippen molar-refractivity contribution in [2.24, 2.45) is 0 Å². The molecule has 11 heteroatoms. The first-order chi connectivity index (χ1) is 19.7. The number of carbonyl (C=O) groups is 2. The van der Waals surface area contributed by atoms with Crippen molar-refractivity contribution in [3.05, 3.63) is 71.3 Å². The Labute approximate surface area is 251 Å². The molecule has 0 aliphatic carbocycles. The molecule has 2 aliphatic rings. The van der Waals surface area contributed by atoms with Gasteiger partial charge in [-0.15, -0.1) is 0 Å². The number of allylic oxidation sites excluding steroid dienone is 4. The normalized spacial score (nSPS) is 17.0. The van der Waals surface area contributed by atoms with Gasteiger partial charge in [0.05, 0.1) is 16.5 Å². The molecule has 1 saturated heterocycles. The van der Waals surface area contributed by atoms with Crippen LogP contribution >= 0.6 is 24.0 Å². The van der Waals surface area contributed by atoms with E-state index in [4.69, 9.17) is 12.2 Å². The van der Waals surface area contributed by atoms with Gasteiger partial charge < -0.3 is 4.90 Å². The Balaban J connectivity index is 1.61. The predicted octanol–water partition coefficient (Wildman–Crippen LogP) is 5.91. The van der Waals surface area contributed by atoms with Crippen molar-refractivity contribution in [3.63, 3.8) is 0 Å². The molecular formula is C30H35N3O5S3. The van der Waals surface area contributed by atoms with Crippen LogP contribution in [0.15, 0.2) is 76.2 Å². The largest absolute Gasteiger partial charge is 0.335 e. The highest BCUT2D eigenvalue weighted by Crippen LogP contribution is 2.49. The number of unbranched alkanes of at least 4 members (excludes halogenated alkanes) is 2. The second-order valence-corrected chi connectivity index (χ2v) is 12.9. The highest BCUT2D eigenvalue weighted by atomic mass is 32.2. The minimum absolute atomic E-state index is 0.0822. The Hall–Kier alpha value is -2.99. The zero-order chi connectivity index (χ0) is 29.6. The van der Waals surface area contributed by atoms with E-state index < -0.39 is 10.1 Å². The number of benzene rings is 2. The molecule has 1 N–H and O–H groups in total. The number of nitrogens with zero attached hydrogens (tertiary/aromatic N) is 3. The summed E-state index contributed by atoms with van der Waals surface area (Å²) in [7, 11) is -4.07. The average molecular weight is 614 g/mol. The van der Waals surface area contributed by atoms with Crippen LogP contribution in [0.25, 0.3) is 10.8 Å². The third-order valence-electron chi connectivity index (χ3n) is 6.90. The number of fused-ring (bicyclic) bond motifs is 3. The highest BCUT2D eigenvalue weighted by molar-refractivity contribution is 8.04. The van der Waals surface area contributed by atoms with Gasteiger partial charge in [0.1, 0.15) is 5.57 Å². The van der Waals surface area contributed by atoms with Crippen molar-refractivity contribution >= 4 is 67.5 Å². The van der Waals surface area contributed by atoms with E-state index in [0.29, 0.717) is 19.6 Å². The molecule has 2 aliphatic heterocycles. The number of thiocarbonyl (C=S) groups is 1. The van der Waals surface area contributed by atoms with Gasteiger partial charge in [0, 0.05) is 24.5 Å². The average Bonchev–Trinajstić information content (AvgIpc) is 3.29. The molecule has 0 bridgehead atoms. The maximum Gasteiger partial charge on any atom is 0.265 e. The van der Waals surface area contributed by atoms with Crippen molar-refractivity contribution in [1.82, 2.24) is 9.80 Å². The molecule has 0 spiro atoms. The lowest BCUT2D eigenvalue weighted by Gasteiger charge is -2.36. The second kappa shape index (κ2) is 13.8. The molecule has 2 aromatic rings. The zero-order valence-electron chi connectivity index (χ0n) is 23.3. The topological polar surface area (TPSA) is 98.2 Å². The van der Waals surface area contributed by atoms with Crippen LogP contribution in [0, 0.1) is 0 Å². The first-order valence-corrected chi connectivity index (χ1v) is 16.7. The molecule has 218 valence electrons. The predicted molar refractivity (Wildman–Crippen MR) is 169 cm³/mol. The van der Waals surface area contributed by atoms with Gasteiger partial charge in [-0.1, -0.05) is 80.9 Å². The lowest BCUT2D eigenvalue weighted by molar-refractivity contribution is -0.133. The van der Waals surface area contributed by atoms with E-state index in [1.807, 2.05) is 55.2 Å². The van der Waals surface area contributed by atoms with Crippen molar-refractivity contribution in [2.45, 2.75) is 50.8 Å². The lowest BCUT2D eigenvalue weighted by Crippen LogP contribution is -2.56. The van der Waals surface area contributed by atoms with Crippen LogP contribution in [0.2, 0.25) is 0 Å².